The lowest BCUT2D eigenvalue weighted by atomic mass is 9.96. The van der Waals surface area contributed by atoms with Crippen molar-refractivity contribution in [3.63, 3.8) is 0 Å². The highest BCUT2D eigenvalue weighted by Gasteiger charge is 2.66. The van der Waals surface area contributed by atoms with E-state index in [4.69, 9.17) is 0 Å². The van der Waals surface area contributed by atoms with Crippen molar-refractivity contribution >= 4 is 11.3 Å². The van der Waals surface area contributed by atoms with Crippen molar-refractivity contribution < 1.29 is 5.11 Å². The van der Waals surface area contributed by atoms with Gasteiger partial charge in [-0.2, -0.15) is 11.3 Å². The second-order valence-electron chi connectivity index (χ2n) is 6.30. The fraction of sp³-hybridized carbons (Fsp3) is 0.733. The summed E-state index contributed by atoms with van der Waals surface area (Å²) in [4.78, 5) is 0. The lowest BCUT2D eigenvalue weighted by Crippen LogP contribution is -2.16. The van der Waals surface area contributed by atoms with Crippen molar-refractivity contribution in [3.8, 4) is 0 Å². The summed E-state index contributed by atoms with van der Waals surface area (Å²) in [6, 6.07) is 2.19. The lowest BCUT2D eigenvalue weighted by Gasteiger charge is -2.14. The van der Waals surface area contributed by atoms with Crippen LogP contribution in [0, 0.1) is 29.6 Å². The van der Waals surface area contributed by atoms with Crippen LogP contribution < -0.4 is 0 Å². The van der Waals surface area contributed by atoms with Gasteiger partial charge in [0.15, 0.2) is 0 Å². The molecule has 5 atom stereocenters. The van der Waals surface area contributed by atoms with E-state index in [0.29, 0.717) is 5.92 Å². The van der Waals surface area contributed by atoms with Gasteiger partial charge in [0, 0.05) is 0 Å². The number of aliphatic hydroxyl groups excluding tert-OH is 1. The van der Waals surface area contributed by atoms with Crippen LogP contribution in [0.4, 0.5) is 0 Å². The molecule has 0 radical (unpaired) electrons. The first-order valence-corrected chi connectivity index (χ1v) is 7.98. The molecular weight excluding hydrogens is 228 g/mol. The Labute approximate surface area is 107 Å². The highest BCUT2D eigenvalue weighted by Crippen LogP contribution is 2.70. The summed E-state index contributed by atoms with van der Waals surface area (Å²) in [5, 5.41) is 14.7. The molecule has 1 aromatic heterocycles. The Morgan fingerprint density at radius 2 is 2.06 bits per heavy atom. The van der Waals surface area contributed by atoms with Crippen LogP contribution in [0.5, 0.6) is 0 Å². The molecule has 0 saturated heterocycles. The van der Waals surface area contributed by atoms with Crippen LogP contribution in [0.3, 0.4) is 0 Å². The van der Waals surface area contributed by atoms with Gasteiger partial charge in [-0.25, -0.2) is 0 Å². The van der Waals surface area contributed by atoms with Crippen molar-refractivity contribution in [1.29, 1.82) is 0 Å². The topological polar surface area (TPSA) is 20.2 Å². The van der Waals surface area contributed by atoms with E-state index in [0.717, 1.165) is 36.5 Å². The molecule has 3 aliphatic carbocycles. The number of rotatable bonds is 4. The van der Waals surface area contributed by atoms with Crippen LogP contribution in [-0.4, -0.2) is 11.2 Å². The molecule has 1 aromatic rings. The van der Waals surface area contributed by atoms with E-state index in [9.17, 15) is 5.11 Å². The van der Waals surface area contributed by atoms with Crippen molar-refractivity contribution in [2.75, 3.05) is 0 Å². The molecule has 2 heteroatoms. The van der Waals surface area contributed by atoms with Crippen LogP contribution in [0.1, 0.15) is 31.2 Å². The molecule has 2 bridgehead atoms. The molecule has 0 aliphatic heterocycles. The molecule has 1 heterocycles. The number of thiophene rings is 1. The number of hydrogen-bond donors (Lipinski definition) is 1. The van der Waals surface area contributed by atoms with Crippen LogP contribution in [0.15, 0.2) is 16.8 Å². The molecule has 17 heavy (non-hydrogen) atoms. The zero-order chi connectivity index (χ0) is 11.4. The Hall–Kier alpha value is -0.340. The number of hydrogen-bond acceptors (Lipinski definition) is 2. The summed E-state index contributed by atoms with van der Waals surface area (Å²) >= 11 is 1.76. The summed E-state index contributed by atoms with van der Waals surface area (Å²) in [5.41, 5.74) is 1.41. The maximum absolute atomic E-state index is 10.4. The zero-order valence-electron chi connectivity index (χ0n) is 10.1. The van der Waals surface area contributed by atoms with Crippen LogP contribution in [0.2, 0.25) is 0 Å². The van der Waals surface area contributed by atoms with Gasteiger partial charge in [0.25, 0.3) is 0 Å². The molecule has 3 aliphatic rings. The van der Waals surface area contributed by atoms with Crippen molar-refractivity contribution in [2.45, 2.75) is 38.2 Å². The first kappa shape index (κ1) is 10.6. The van der Waals surface area contributed by atoms with Crippen molar-refractivity contribution in [2.24, 2.45) is 29.6 Å². The minimum absolute atomic E-state index is 0.0201. The zero-order valence-corrected chi connectivity index (χ0v) is 10.9. The third-order valence-corrected chi connectivity index (χ3v) is 6.28. The first-order chi connectivity index (χ1) is 8.34. The largest absolute Gasteiger partial charge is 0.393 e. The molecule has 3 fully saturated rings. The van der Waals surface area contributed by atoms with E-state index in [1.807, 2.05) is 0 Å². The molecule has 5 unspecified atom stereocenters. The average molecular weight is 248 g/mol. The summed E-state index contributed by atoms with van der Waals surface area (Å²) in [6.45, 7) is 0. The Bertz CT molecular complexity index is 383. The second kappa shape index (κ2) is 3.83. The highest BCUT2D eigenvalue weighted by atomic mass is 32.1. The lowest BCUT2D eigenvalue weighted by molar-refractivity contribution is 0.120. The van der Waals surface area contributed by atoms with Gasteiger partial charge < -0.3 is 5.11 Å². The predicted molar refractivity (Wildman–Crippen MR) is 69.9 cm³/mol. The SMILES string of the molecule is OC(CCc1ccsc1)C1C2C3CCC(C3)C12. The third kappa shape index (κ3) is 1.61. The van der Waals surface area contributed by atoms with E-state index in [1.54, 1.807) is 11.3 Å². The Balaban J connectivity index is 1.35. The molecule has 0 amide bonds. The molecule has 0 aromatic carbocycles. The molecule has 4 rings (SSSR count). The van der Waals surface area contributed by atoms with Gasteiger partial charge in [-0.3, -0.25) is 0 Å². The van der Waals surface area contributed by atoms with E-state index >= 15 is 0 Å². The Morgan fingerprint density at radius 1 is 1.29 bits per heavy atom. The molecular formula is C15H20OS. The smallest absolute Gasteiger partial charge is 0.0577 e. The van der Waals surface area contributed by atoms with Crippen LogP contribution in [-0.2, 0) is 6.42 Å². The van der Waals surface area contributed by atoms with E-state index in [2.05, 4.69) is 16.8 Å². The van der Waals surface area contributed by atoms with Crippen molar-refractivity contribution in [1.82, 2.24) is 0 Å². The van der Waals surface area contributed by atoms with Crippen LogP contribution >= 0.6 is 11.3 Å². The molecule has 1 N–H and O–H groups in total. The fourth-order valence-corrected chi connectivity index (χ4v) is 5.55. The Morgan fingerprint density at radius 3 is 2.71 bits per heavy atom. The van der Waals surface area contributed by atoms with Gasteiger partial charge in [-0.1, -0.05) is 0 Å². The van der Waals surface area contributed by atoms with Gasteiger partial charge in [0.1, 0.15) is 0 Å². The predicted octanol–water partition coefficient (Wildman–Crippen LogP) is 3.33. The summed E-state index contributed by atoms with van der Waals surface area (Å²) in [7, 11) is 0. The first-order valence-electron chi connectivity index (χ1n) is 7.04. The fourth-order valence-electron chi connectivity index (χ4n) is 4.85. The van der Waals surface area contributed by atoms with Crippen LogP contribution in [0.25, 0.3) is 0 Å². The van der Waals surface area contributed by atoms with E-state index < -0.39 is 0 Å². The maximum Gasteiger partial charge on any atom is 0.0577 e. The van der Waals surface area contributed by atoms with Gasteiger partial charge in [0.2, 0.25) is 0 Å². The normalized spacial score (nSPS) is 43.7. The van der Waals surface area contributed by atoms with E-state index in [-0.39, 0.29) is 6.10 Å². The van der Waals surface area contributed by atoms with E-state index in [1.165, 1.54) is 24.8 Å². The second-order valence-corrected chi connectivity index (χ2v) is 7.08. The standard InChI is InChI=1S/C15H20OS/c16-12(4-1-9-5-6-17-8-9)15-13-10-2-3-11(7-10)14(13)15/h5-6,8,10-16H,1-4,7H2. The highest BCUT2D eigenvalue weighted by molar-refractivity contribution is 7.07. The summed E-state index contributed by atoms with van der Waals surface area (Å²) in [5.74, 6) is 4.51. The molecule has 1 nitrogen and oxygen atoms in total. The molecule has 0 spiro atoms. The summed E-state index contributed by atoms with van der Waals surface area (Å²) < 4.78 is 0. The number of aryl methyl sites for hydroxylation is 1. The average Bonchev–Trinajstić information content (AvgIpc) is 2.80. The maximum atomic E-state index is 10.4. The van der Waals surface area contributed by atoms with Crippen molar-refractivity contribution in [3.05, 3.63) is 22.4 Å². The quantitative estimate of drug-likeness (QED) is 0.866. The van der Waals surface area contributed by atoms with Gasteiger partial charge >= 0.3 is 0 Å². The molecule has 92 valence electrons. The van der Waals surface area contributed by atoms with Gasteiger partial charge in [-0.15, -0.1) is 0 Å². The van der Waals surface area contributed by atoms with Gasteiger partial charge in [0.05, 0.1) is 6.10 Å². The minimum atomic E-state index is -0.0201. The number of fused-ring (bicyclic) bond motifs is 5. The summed E-state index contributed by atoms with van der Waals surface area (Å²) in [6.07, 6.45) is 6.43. The van der Waals surface area contributed by atoms with Gasteiger partial charge in [-0.05, 0) is 84.1 Å². The Kier molecular flexibility index (Phi) is 2.38. The monoisotopic (exact) mass is 248 g/mol. The third-order valence-electron chi connectivity index (χ3n) is 5.55. The molecule has 3 saturated carbocycles. The minimum Gasteiger partial charge on any atom is -0.393 e. The number of aliphatic hydroxyl groups is 1.